The Morgan fingerprint density at radius 2 is 1.94 bits per heavy atom. The lowest BCUT2D eigenvalue weighted by atomic mass is 10.4. The first-order valence-electron chi connectivity index (χ1n) is 4.58. The molecule has 3 rings (SSSR count). The third kappa shape index (κ3) is 1.34. The average molecular weight is 213 g/mol. The van der Waals surface area contributed by atoms with Crippen LogP contribution in [0.4, 0.5) is 5.95 Å². The number of nitrogens with zero attached hydrogens (tertiary/aromatic N) is 6. The van der Waals surface area contributed by atoms with Gasteiger partial charge >= 0.3 is 0 Å². The fourth-order valence-corrected chi connectivity index (χ4v) is 1.36. The molecule has 0 bridgehead atoms. The second-order valence-electron chi connectivity index (χ2n) is 3.12. The summed E-state index contributed by atoms with van der Waals surface area (Å²) in [6.07, 6.45) is 4.71. The Morgan fingerprint density at radius 3 is 2.75 bits per heavy atom. The van der Waals surface area contributed by atoms with Crippen molar-refractivity contribution in [2.45, 2.75) is 0 Å². The van der Waals surface area contributed by atoms with E-state index in [-0.39, 0.29) is 5.95 Å². The lowest BCUT2D eigenvalue weighted by Crippen LogP contribution is -2.00. The molecule has 0 unspecified atom stereocenters. The molecule has 0 aliphatic rings. The number of hydrogen-bond acceptors (Lipinski definition) is 6. The second-order valence-corrected chi connectivity index (χ2v) is 3.12. The quantitative estimate of drug-likeness (QED) is 0.619. The van der Waals surface area contributed by atoms with E-state index < -0.39 is 0 Å². The van der Waals surface area contributed by atoms with E-state index in [0.717, 1.165) is 5.52 Å². The van der Waals surface area contributed by atoms with Crippen molar-refractivity contribution in [1.29, 1.82) is 0 Å². The van der Waals surface area contributed by atoms with Crippen molar-refractivity contribution in [1.82, 2.24) is 29.7 Å². The maximum Gasteiger partial charge on any atom is 0.239 e. The van der Waals surface area contributed by atoms with Gasteiger partial charge in [0.25, 0.3) is 0 Å². The molecule has 0 spiro atoms. The van der Waals surface area contributed by atoms with Crippen LogP contribution >= 0.6 is 0 Å². The number of pyridine rings is 1. The molecule has 7 heteroatoms. The molecule has 3 aromatic heterocycles. The Kier molecular flexibility index (Phi) is 1.76. The van der Waals surface area contributed by atoms with E-state index in [1.54, 1.807) is 18.5 Å². The van der Waals surface area contributed by atoms with Gasteiger partial charge in [0.05, 0.1) is 0 Å². The first-order valence-corrected chi connectivity index (χ1v) is 4.58. The summed E-state index contributed by atoms with van der Waals surface area (Å²) >= 11 is 0. The maximum atomic E-state index is 5.43. The largest absolute Gasteiger partial charge is 0.366 e. The van der Waals surface area contributed by atoms with Crippen LogP contribution < -0.4 is 5.73 Å². The van der Waals surface area contributed by atoms with E-state index in [4.69, 9.17) is 5.73 Å². The fraction of sp³-hybridized carbons (Fsp3) is 0. The predicted octanol–water partition coefficient (Wildman–Crippen LogP) is 0.188. The molecule has 3 heterocycles. The highest BCUT2D eigenvalue weighted by Gasteiger charge is 2.03. The van der Waals surface area contributed by atoms with E-state index in [9.17, 15) is 0 Å². The van der Waals surface area contributed by atoms with Crippen LogP contribution in [0.25, 0.3) is 17.0 Å². The topological polar surface area (TPSA) is 95.4 Å². The molecule has 0 saturated heterocycles. The van der Waals surface area contributed by atoms with Crippen molar-refractivity contribution in [3.63, 3.8) is 0 Å². The van der Waals surface area contributed by atoms with E-state index >= 15 is 0 Å². The van der Waals surface area contributed by atoms with Crippen LogP contribution in [0.1, 0.15) is 0 Å². The monoisotopic (exact) mass is 213 g/mol. The molecule has 0 aliphatic heterocycles. The van der Waals surface area contributed by atoms with Gasteiger partial charge in [0, 0.05) is 12.4 Å². The lowest BCUT2D eigenvalue weighted by molar-refractivity contribution is 0.852. The number of rotatable bonds is 1. The van der Waals surface area contributed by atoms with Gasteiger partial charge in [-0.05, 0) is 12.1 Å². The van der Waals surface area contributed by atoms with Gasteiger partial charge in [0.15, 0.2) is 11.5 Å². The Balaban J connectivity index is 2.18. The highest BCUT2D eigenvalue weighted by atomic mass is 15.4. The highest BCUT2D eigenvalue weighted by molar-refractivity contribution is 5.69. The molecule has 2 N–H and O–H groups in total. The van der Waals surface area contributed by atoms with Gasteiger partial charge < -0.3 is 5.73 Å². The molecule has 0 amide bonds. The molecule has 0 aliphatic carbocycles. The molecule has 0 aromatic carbocycles. The lowest BCUT2D eigenvalue weighted by Gasteiger charge is -1.99. The van der Waals surface area contributed by atoms with Crippen LogP contribution in [0.2, 0.25) is 0 Å². The Labute approximate surface area is 90.0 Å². The Bertz CT molecular complexity index is 645. The average Bonchev–Trinajstić information content (AvgIpc) is 2.75. The number of hydrogen-bond donors (Lipinski definition) is 1. The van der Waals surface area contributed by atoms with Gasteiger partial charge in [0.2, 0.25) is 5.95 Å². The molecule has 0 atom stereocenters. The number of anilines is 1. The minimum Gasteiger partial charge on any atom is -0.366 e. The first kappa shape index (κ1) is 8.72. The summed E-state index contributed by atoms with van der Waals surface area (Å²) in [4.78, 5) is 16.4. The van der Waals surface area contributed by atoms with E-state index in [2.05, 4.69) is 25.0 Å². The smallest absolute Gasteiger partial charge is 0.239 e. The van der Waals surface area contributed by atoms with Gasteiger partial charge in [0.1, 0.15) is 11.8 Å². The fourth-order valence-electron chi connectivity index (χ4n) is 1.36. The number of nitrogens with two attached hydrogens (primary N) is 1. The van der Waals surface area contributed by atoms with Crippen LogP contribution in [-0.2, 0) is 0 Å². The van der Waals surface area contributed by atoms with Crippen molar-refractivity contribution in [2.75, 3.05) is 5.73 Å². The normalized spacial score (nSPS) is 10.8. The van der Waals surface area contributed by atoms with Crippen LogP contribution in [0.3, 0.4) is 0 Å². The summed E-state index contributed by atoms with van der Waals surface area (Å²) in [5.74, 6) is 0.818. The van der Waals surface area contributed by atoms with Crippen LogP contribution in [0.5, 0.6) is 0 Å². The molecule has 0 radical (unpaired) electrons. The van der Waals surface area contributed by atoms with Crippen molar-refractivity contribution < 1.29 is 0 Å². The number of nitrogen functional groups attached to an aromatic ring is 1. The SMILES string of the molecule is Nc1ncn(-c2ccc3nccnc3n2)n1. The van der Waals surface area contributed by atoms with Crippen molar-refractivity contribution in [3.8, 4) is 5.82 Å². The van der Waals surface area contributed by atoms with Gasteiger partial charge in [-0.2, -0.15) is 0 Å². The summed E-state index contributed by atoms with van der Waals surface area (Å²) in [7, 11) is 0. The van der Waals surface area contributed by atoms with Gasteiger partial charge in [-0.25, -0.2) is 19.6 Å². The summed E-state index contributed by atoms with van der Waals surface area (Å²) in [6, 6.07) is 3.60. The van der Waals surface area contributed by atoms with E-state index in [0.29, 0.717) is 11.5 Å². The molecular weight excluding hydrogens is 206 g/mol. The second kappa shape index (κ2) is 3.23. The summed E-state index contributed by atoms with van der Waals surface area (Å²) in [5.41, 5.74) is 6.73. The van der Waals surface area contributed by atoms with Gasteiger partial charge in [-0.15, -0.1) is 5.10 Å². The summed E-state index contributed by atoms with van der Waals surface area (Å²) < 4.78 is 1.49. The van der Waals surface area contributed by atoms with Gasteiger partial charge in [-0.1, -0.05) is 0 Å². The minimum absolute atomic E-state index is 0.209. The zero-order valence-corrected chi connectivity index (χ0v) is 8.15. The third-order valence-corrected chi connectivity index (χ3v) is 2.06. The van der Waals surface area contributed by atoms with Crippen molar-refractivity contribution in [3.05, 3.63) is 30.9 Å². The van der Waals surface area contributed by atoms with E-state index in [1.807, 2.05) is 6.07 Å². The highest BCUT2D eigenvalue weighted by Crippen LogP contribution is 2.09. The molecule has 7 nitrogen and oxygen atoms in total. The molecular formula is C9H7N7. The minimum atomic E-state index is 0.209. The van der Waals surface area contributed by atoms with Crippen LogP contribution in [0, 0.1) is 0 Å². The Hall–Kier alpha value is -2.57. The third-order valence-electron chi connectivity index (χ3n) is 2.06. The maximum absolute atomic E-state index is 5.43. The number of fused-ring (bicyclic) bond motifs is 1. The number of aromatic nitrogens is 6. The first-order chi connectivity index (χ1) is 7.83. The van der Waals surface area contributed by atoms with Crippen molar-refractivity contribution in [2.24, 2.45) is 0 Å². The molecule has 78 valence electrons. The zero-order valence-electron chi connectivity index (χ0n) is 8.15. The standard InChI is InChI=1S/C9H7N7/c10-9-13-5-16(15-9)7-2-1-6-8(14-7)12-4-3-11-6/h1-5H,(H2,10,15). The van der Waals surface area contributed by atoms with E-state index in [1.165, 1.54) is 11.0 Å². The predicted molar refractivity (Wildman–Crippen MR) is 56.7 cm³/mol. The summed E-state index contributed by atoms with van der Waals surface area (Å²) in [5, 5.41) is 3.96. The molecule has 16 heavy (non-hydrogen) atoms. The molecule has 3 aromatic rings. The molecule has 0 saturated carbocycles. The molecule has 0 fully saturated rings. The van der Waals surface area contributed by atoms with Gasteiger partial charge in [-0.3, -0.25) is 4.98 Å². The summed E-state index contributed by atoms with van der Waals surface area (Å²) in [6.45, 7) is 0. The Morgan fingerprint density at radius 1 is 1.06 bits per heavy atom. The van der Waals surface area contributed by atoms with Crippen LogP contribution in [0.15, 0.2) is 30.9 Å². The van der Waals surface area contributed by atoms with Crippen molar-refractivity contribution >= 4 is 17.1 Å². The zero-order chi connectivity index (χ0) is 11.0. The van der Waals surface area contributed by atoms with Crippen LogP contribution in [-0.4, -0.2) is 29.7 Å².